The van der Waals surface area contributed by atoms with Crippen LogP contribution in [0, 0.1) is 0 Å². The quantitative estimate of drug-likeness (QED) is 0.264. The van der Waals surface area contributed by atoms with E-state index in [9.17, 15) is 14.4 Å². The Kier molecular flexibility index (Phi) is 8.02. The third kappa shape index (κ3) is 6.23. The van der Waals surface area contributed by atoms with Crippen LogP contribution in [0.1, 0.15) is 12.5 Å². The van der Waals surface area contributed by atoms with Gasteiger partial charge in [-0.1, -0.05) is 36.4 Å². The zero-order valence-electron chi connectivity index (χ0n) is 19.0. The number of anilines is 3. The minimum Gasteiger partial charge on any atom is -0.495 e. The van der Waals surface area contributed by atoms with E-state index in [4.69, 9.17) is 9.47 Å². The number of hydrogen-bond donors (Lipinski definition) is 3. The molecular formula is C26H25N3O5. The Labute approximate surface area is 197 Å². The monoisotopic (exact) mass is 459 g/mol. The Morgan fingerprint density at radius 1 is 0.676 bits per heavy atom. The number of carbonyl (C=O) groups is 3. The second kappa shape index (κ2) is 11.3. The summed E-state index contributed by atoms with van der Waals surface area (Å²) < 4.78 is 10.6. The molecule has 0 saturated heterocycles. The van der Waals surface area contributed by atoms with Crippen LogP contribution in [0.15, 0.2) is 78.4 Å². The first-order valence-corrected chi connectivity index (χ1v) is 10.4. The van der Waals surface area contributed by atoms with Crippen LogP contribution in [0.5, 0.6) is 11.5 Å². The van der Waals surface area contributed by atoms with Crippen LogP contribution >= 0.6 is 0 Å². The molecule has 3 N–H and O–H groups in total. The maximum Gasteiger partial charge on any atom is 0.261 e. The van der Waals surface area contributed by atoms with Crippen molar-refractivity contribution in [3.8, 4) is 11.5 Å². The molecule has 8 heteroatoms. The van der Waals surface area contributed by atoms with Gasteiger partial charge in [0.25, 0.3) is 11.8 Å². The van der Waals surface area contributed by atoms with Crippen molar-refractivity contribution in [3.05, 3.63) is 83.9 Å². The van der Waals surface area contributed by atoms with Gasteiger partial charge in [0.1, 0.15) is 17.1 Å². The summed E-state index contributed by atoms with van der Waals surface area (Å²) in [5.74, 6) is -0.526. The number of carbonyl (C=O) groups excluding carboxylic acids is 3. The minimum absolute atomic E-state index is 0.135. The second-order valence-corrected chi connectivity index (χ2v) is 7.17. The lowest BCUT2D eigenvalue weighted by molar-refractivity contribution is -0.118. The van der Waals surface area contributed by atoms with E-state index < -0.39 is 11.8 Å². The highest BCUT2D eigenvalue weighted by atomic mass is 16.5. The fourth-order valence-corrected chi connectivity index (χ4v) is 3.14. The summed E-state index contributed by atoms with van der Waals surface area (Å²) in [5, 5.41) is 8.14. The number of hydrogen-bond acceptors (Lipinski definition) is 5. The fraction of sp³-hybridized carbons (Fsp3) is 0.115. The largest absolute Gasteiger partial charge is 0.495 e. The van der Waals surface area contributed by atoms with Gasteiger partial charge in [0, 0.05) is 12.6 Å². The number of benzene rings is 3. The maximum absolute atomic E-state index is 13.2. The van der Waals surface area contributed by atoms with Crippen molar-refractivity contribution in [1.82, 2.24) is 0 Å². The number of ether oxygens (including phenoxy) is 2. The zero-order valence-corrected chi connectivity index (χ0v) is 19.0. The summed E-state index contributed by atoms with van der Waals surface area (Å²) in [7, 11) is 2.99. The summed E-state index contributed by atoms with van der Waals surface area (Å²) in [6.07, 6.45) is 1.47. The Morgan fingerprint density at radius 3 is 1.59 bits per heavy atom. The number of amides is 3. The van der Waals surface area contributed by atoms with E-state index >= 15 is 0 Å². The van der Waals surface area contributed by atoms with E-state index in [2.05, 4.69) is 16.0 Å². The van der Waals surface area contributed by atoms with Gasteiger partial charge in [0.15, 0.2) is 0 Å². The number of rotatable bonds is 8. The van der Waals surface area contributed by atoms with Crippen molar-refractivity contribution in [2.24, 2.45) is 0 Å². The molecule has 3 aromatic rings. The average Bonchev–Trinajstić information content (AvgIpc) is 2.83. The fourth-order valence-electron chi connectivity index (χ4n) is 3.14. The highest BCUT2D eigenvalue weighted by Gasteiger charge is 2.21. The Balaban J connectivity index is 1.94. The molecule has 34 heavy (non-hydrogen) atoms. The predicted molar refractivity (Wildman–Crippen MR) is 132 cm³/mol. The lowest BCUT2D eigenvalue weighted by Crippen LogP contribution is -2.25. The molecule has 8 nitrogen and oxygen atoms in total. The normalized spacial score (nSPS) is 9.97. The molecule has 0 radical (unpaired) electrons. The van der Waals surface area contributed by atoms with Crippen LogP contribution in [0.25, 0.3) is 6.08 Å². The molecular weight excluding hydrogens is 434 g/mol. The van der Waals surface area contributed by atoms with Crippen LogP contribution in [0.2, 0.25) is 0 Å². The third-order valence-corrected chi connectivity index (χ3v) is 4.74. The van der Waals surface area contributed by atoms with E-state index in [0.717, 1.165) is 0 Å². The smallest absolute Gasteiger partial charge is 0.261 e. The summed E-state index contributed by atoms with van der Waals surface area (Å²) in [5.41, 5.74) is 1.90. The molecule has 0 atom stereocenters. The van der Waals surface area contributed by atoms with Gasteiger partial charge in [-0.2, -0.15) is 0 Å². The topological polar surface area (TPSA) is 106 Å². The first-order chi connectivity index (χ1) is 16.4. The second-order valence-electron chi connectivity index (χ2n) is 7.17. The van der Waals surface area contributed by atoms with Crippen LogP contribution in [-0.2, 0) is 14.4 Å². The van der Waals surface area contributed by atoms with E-state index in [-0.39, 0.29) is 11.5 Å². The van der Waals surface area contributed by atoms with Crippen molar-refractivity contribution in [1.29, 1.82) is 0 Å². The Hall–Kier alpha value is -4.59. The summed E-state index contributed by atoms with van der Waals surface area (Å²) in [4.78, 5) is 37.7. The SMILES string of the molecule is COc1ccccc1NC(=O)C(=Cc1ccc(NC(C)=O)cc1)C(=O)Nc1ccccc1OC. The maximum atomic E-state index is 13.2. The van der Waals surface area contributed by atoms with Gasteiger partial charge in [-0.3, -0.25) is 14.4 Å². The molecule has 0 bridgehead atoms. The number of methoxy groups -OCH3 is 2. The Bertz CT molecular complexity index is 1160. The van der Waals surface area contributed by atoms with Gasteiger partial charge in [-0.25, -0.2) is 0 Å². The standard InChI is InChI=1S/C26H25N3O5/c1-17(30)27-19-14-12-18(13-15-19)16-20(25(31)28-21-8-4-6-10-23(21)33-2)26(32)29-22-9-5-7-11-24(22)34-3/h4-16H,1-3H3,(H,27,30)(H,28,31)(H,29,32). The summed E-state index contributed by atoms with van der Waals surface area (Å²) in [6, 6.07) is 20.5. The molecule has 0 heterocycles. The van der Waals surface area contributed by atoms with E-state index in [1.807, 2.05) is 0 Å². The van der Waals surface area contributed by atoms with Crippen molar-refractivity contribution < 1.29 is 23.9 Å². The lowest BCUT2D eigenvalue weighted by atomic mass is 10.1. The molecule has 0 fully saturated rings. The highest BCUT2D eigenvalue weighted by molar-refractivity contribution is 6.29. The number of para-hydroxylation sites is 4. The average molecular weight is 460 g/mol. The van der Waals surface area contributed by atoms with E-state index in [1.54, 1.807) is 72.8 Å². The van der Waals surface area contributed by atoms with Crippen molar-refractivity contribution in [3.63, 3.8) is 0 Å². The first kappa shape index (κ1) is 24.1. The van der Waals surface area contributed by atoms with Crippen LogP contribution in [-0.4, -0.2) is 31.9 Å². The number of nitrogens with one attached hydrogen (secondary N) is 3. The zero-order chi connectivity index (χ0) is 24.5. The minimum atomic E-state index is -0.622. The molecule has 0 spiro atoms. The molecule has 0 aliphatic heterocycles. The molecule has 0 unspecified atom stereocenters. The molecule has 0 saturated carbocycles. The first-order valence-electron chi connectivity index (χ1n) is 10.4. The molecule has 3 amide bonds. The van der Waals surface area contributed by atoms with Gasteiger partial charge in [0.2, 0.25) is 5.91 Å². The van der Waals surface area contributed by atoms with Gasteiger partial charge in [0.05, 0.1) is 25.6 Å². The molecule has 3 rings (SSSR count). The van der Waals surface area contributed by atoms with E-state index in [0.29, 0.717) is 34.1 Å². The van der Waals surface area contributed by atoms with Crippen LogP contribution in [0.3, 0.4) is 0 Å². The van der Waals surface area contributed by atoms with Crippen molar-refractivity contribution in [2.45, 2.75) is 6.92 Å². The van der Waals surface area contributed by atoms with Gasteiger partial charge < -0.3 is 25.4 Å². The summed E-state index contributed by atoms with van der Waals surface area (Å²) >= 11 is 0. The Morgan fingerprint density at radius 2 is 1.15 bits per heavy atom. The van der Waals surface area contributed by atoms with Crippen LogP contribution < -0.4 is 25.4 Å². The van der Waals surface area contributed by atoms with Crippen molar-refractivity contribution in [2.75, 3.05) is 30.2 Å². The lowest BCUT2D eigenvalue weighted by Gasteiger charge is -2.14. The molecule has 174 valence electrons. The molecule has 0 aliphatic carbocycles. The van der Waals surface area contributed by atoms with Crippen LogP contribution in [0.4, 0.5) is 17.1 Å². The van der Waals surface area contributed by atoms with E-state index in [1.165, 1.54) is 27.2 Å². The molecule has 3 aromatic carbocycles. The third-order valence-electron chi connectivity index (χ3n) is 4.74. The van der Waals surface area contributed by atoms with Gasteiger partial charge >= 0.3 is 0 Å². The molecule has 0 aromatic heterocycles. The van der Waals surface area contributed by atoms with Gasteiger partial charge in [-0.05, 0) is 48.0 Å². The predicted octanol–water partition coefficient (Wildman–Crippen LogP) is 4.32. The van der Waals surface area contributed by atoms with Gasteiger partial charge in [-0.15, -0.1) is 0 Å². The summed E-state index contributed by atoms with van der Waals surface area (Å²) in [6.45, 7) is 1.41. The highest BCUT2D eigenvalue weighted by Crippen LogP contribution is 2.26. The van der Waals surface area contributed by atoms with Crippen molar-refractivity contribution >= 4 is 40.9 Å². The molecule has 0 aliphatic rings.